The summed E-state index contributed by atoms with van der Waals surface area (Å²) in [6.45, 7) is 6.04. The van der Waals surface area contributed by atoms with Crippen LogP contribution in [0.15, 0.2) is 24.3 Å². The van der Waals surface area contributed by atoms with E-state index in [4.69, 9.17) is 0 Å². The van der Waals surface area contributed by atoms with Crippen molar-refractivity contribution in [2.75, 3.05) is 0 Å². The zero-order chi connectivity index (χ0) is 12.1. The molecule has 88 valence electrons. The van der Waals surface area contributed by atoms with Gasteiger partial charge in [-0.05, 0) is 25.8 Å². The minimum absolute atomic E-state index is 0.0523. The van der Waals surface area contributed by atoms with Gasteiger partial charge in [-0.25, -0.2) is 0 Å². The lowest BCUT2D eigenvalue weighted by Gasteiger charge is -2.16. The zero-order valence-electron chi connectivity index (χ0n) is 9.96. The van der Waals surface area contributed by atoms with Crippen LogP contribution in [0, 0.1) is 6.92 Å². The van der Waals surface area contributed by atoms with Gasteiger partial charge in [0.15, 0.2) is 0 Å². The van der Waals surface area contributed by atoms with Gasteiger partial charge in [0, 0.05) is 0 Å². The second-order valence-electron chi connectivity index (χ2n) is 4.02. The Morgan fingerprint density at radius 1 is 1.50 bits per heavy atom. The Kier molecular flexibility index (Phi) is 5.00. The first-order valence-electron chi connectivity index (χ1n) is 5.55. The molecule has 0 saturated heterocycles. The fourth-order valence-corrected chi connectivity index (χ4v) is 1.64. The van der Waals surface area contributed by atoms with Crippen LogP contribution in [0.3, 0.4) is 0 Å². The molecule has 2 atom stereocenters. The van der Waals surface area contributed by atoms with Gasteiger partial charge < -0.3 is 5.32 Å². The SMILES string of the molecule is CCC(Br)C(=O)N[C@H](C)c1cccc(C)c1. The summed E-state index contributed by atoms with van der Waals surface area (Å²) in [6, 6.07) is 8.25. The number of rotatable bonds is 4. The third kappa shape index (κ3) is 3.63. The number of benzene rings is 1. The fourth-order valence-electron chi connectivity index (χ4n) is 1.51. The molecule has 0 aliphatic rings. The Morgan fingerprint density at radius 3 is 2.75 bits per heavy atom. The number of hydrogen-bond acceptors (Lipinski definition) is 1. The summed E-state index contributed by atoms with van der Waals surface area (Å²) in [5.41, 5.74) is 2.36. The van der Waals surface area contributed by atoms with Gasteiger partial charge in [-0.1, -0.05) is 52.7 Å². The highest BCUT2D eigenvalue weighted by atomic mass is 79.9. The Morgan fingerprint density at radius 2 is 2.19 bits per heavy atom. The number of aryl methyl sites for hydroxylation is 1. The van der Waals surface area contributed by atoms with Crippen LogP contribution < -0.4 is 5.32 Å². The molecular formula is C13H18BrNO. The highest BCUT2D eigenvalue weighted by molar-refractivity contribution is 9.10. The van der Waals surface area contributed by atoms with Gasteiger partial charge in [-0.3, -0.25) is 4.79 Å². The molecule has 1 aromatic carbocycles. The highest BCUT2D eigenvalue weighted by Crippen LogP contribution is 2.15. The maximum Gasteiger partial charge on any atom is 0.234 e. The van der Waals surface area contributed by atoms with Crippen molar-refractivity contribution in [1.82, 2.24) is 5.32 Å². The van der Waals surface area contributed by atoms with E-state index in [1.54, 1.807) is 0 Å². The van der Waals surface area contributed by atoms with Crippen LogP contribution in [0.25, 0.3) is 0 Å². The molecule has 0 bridgehead atoms. The maximum atomic E-state index is 11.7. The Hall–Kier alpha value is -0.830. The van der Waals surface area contributed by atoms with Crippen molar-refractivity contribution in [3.05, 3.63) is 35.4 Å². The van der Waals surface area contributed by atoms with E-state index in [0.29, 0.717) is 0 Å². The van der Waals surface area contributed by atoms with Crippen molar-refractivity contribution in [2.24, 2.45) is 0 Å². The van der Waals surface area contributed by atoms with Gasteiger partial charge in [0.05, 0.1) is 10.9 Å². The standard InChI is InChI=1S/C13H18BrNO/c1-4-12(14)13(16)15-10(3)11-7-5-6-9(2)8-11/h5-8,10,12H,4H2,1-3H3,(H,15,16)/t10-,12?/m1/s1. The quantitative estimate of drug-likeness (QED) is 0.844. The van der Waals surface area contributed by atoms with E-state index in [0.717, 1.165) is 12.0 Å². The molecule has 0 aromatic heterocycles. The average molecular weight is 284 g/mol. The topological polar surface area (TPSA) is 29.1 Å². The van der Waals surface area contributed by atoms with E-state index in [9.17, 15) is 4.79 Å². The monoisotopic (exact) mass is 283 g/mol. The second kappa shape index (κ2) is 6.04. The van der Waals surface area contributed by atoms with E-state index >= 15 is 0 Å². The number of amides is 1. The summed E-state index contributed by atoms with van der Waals surface area (Å²) in [4.78, 5) is 11.6. The van der Waals surface area contributed by atoms with Crippen LogP contribution in [0.1, 0.15) is 37.4 Å². The van der Waals surface area contributed by atoms with Crippen molar-refractivity contribution in [3.63, 3.8) is 0 Å². The minimum Gasteiger partial charge on any atom is -0.349 e. The van der Waals surface area contributed by atoms with Gasteiger partial charge in [-0.15, -0.1) is 0 Å². The molecule has 1 aromatic rings. The van der Waals surface area contributed by atoms with Crippen LogP contribution in [0.4, 0.5) is 0 Å². The predicted octanol–water partition coefficient (Wildman–Crippen LogP) is 3.35. The van der Waals surface area contributed by atoms with E-state index in [1.807, 2.05) is 26.0 Å². The largest absolute Gasteiger partial charge is 0.349 e. The molecular weight excluding hydrogens is 266 g/mol. The predicted molar refractivity (Wildman–Crippen MR) is 70.7 cm³/mol. The number of alkyl halides is 1. The van der Waals surface area contributed by atoms with Crippen molar-refractivity contribution in [1.29, 1.82) is 0 Å². The summed E-state index contributed by atoms with van der Waals surface area (Å²) in [7, 11) is 0. The number of carbonyl (C=O) groups is 1. The molecule has 0 spiro atoms. The lowest BCUT2D eigenvalue weighted by Crippen LogP contribution is -2.32. The summed E-state index contributed by atoms with van der Waals surface area (Å²) in [5, 5.41) is 2.99. The van der Waals surface area contributed by atoms with Crippen molar-refractivity contribution in [3.8, 4) is 0 Å². The molecule has 1 unspecified atom stereocenters. The molecule has 2 nitrogen and oxygen atoms in total. The second-order valence-corrected chi connectivity index (χ2v) is 5.13. The molecule has 1 rings (SSSR count). The summed E-state index contributed by atoms with van der Waals surface area (Å²) in [5.74, 6) is 0.0523. The van der Waals surface area contributed by atoms with Crippen molar-refractivity contribution < 1.29 is 4.79 Å². The van der Waals surface area contributed by atoms with Crippen LogP contribution in [-0.4, -0.2) is 10.7 Å². The Balaban J connectivity index is 2.65. The molecule has 0 aliphatic carbocycles. The maximum absolute atomic E-state index is 11.7. The van der Waals surface area contributed by atoms with E-state index < -0.39 is 0 Å². The summed E-state index contributed by atoms with van der Waals surface area (Å²) < 4.78 is 0. The van der Waals surface area contributed by atoms with Crippen LogP contribution in [-0.2, 0) is 4.79 Å². The Labute approximate surface area is 106 Å². The van der Waals surface area contributed by atoms with E-state index in [2.05, 4.69) is 40.3 Å². The van der Waals surface area contributed by atoms with Gasteiger partial charge >= 0.3 is 0 Å². The molecule has 0 radical (unpaired) electrons. The first-order valence-corrected chi connectivity index (χ1v) is 6.47. The molecule has 16 heavy (non-hydrogen) atoms. The van der Waals surface area contributed by atoms with Gasteiger partial charge in [0.25, 0.3) is 0 Å². The van der Waals surface area contributed by atoms with Gasteiger partial charge in [0.1, 0.15) is 0 Å². The third-order valence-electron chi connectivity index (χ3n) is 2.54. The Bertz CT molecular complexity index is 365. The zero-order valence-corrected chi connectivity index (χ0v) is 11.5. The summed E-state index contributed by atoms with van der Waals surface area (Å²) >= 11 is 3.35. The summed E-state index contributed by atoms with van der Waals surface area (Å²) in [6.07, 6.45) is 0.798. The highest BCUT2D eigenvalue weighted by Gasteiger charge is 2.15. The smallest absolute Gasteiger partial charge is 0.234 e. The molecule has 1 amide bonds. The fraction of sp³-hybridized carbons (Fsp3) is 0.462. The van der Waals surface area contributed by atoms with Gasteiger partial charge in [-0.2, -0.15) is 0 Å². The first kappa shape index (κ1) is 13.2. The van der Waals surface area contributed by atoms with Crippen molar-refractivity contribution >= 4 is 21.8 Å². The minimum atomic E-state index is -0.0974. The third-order valence-corrected chi connectivity index (χ3v) is 3.61. The molecule has 0 fully saturated rings. The molecule has 0 saturated carbocycles. The molecule has 3 heteroatoms. The first-order chi connectivity index (χ1) is 7.54. The molecule has 0 heterocycles. The van der Waals surface area contributed by atoms with Crippen molar-refractivity contribution in [2.45, 2.75) is 38.1 Å². The number of nitrogens with one attached hydrogen (secondary N) is 1. The number of hydrogen-bond donors (Lipinski definition) is 1. The van der Waals surface area contributed by atoms with Gasteiger partial charge in [0.2, 0.25) is 5.91 Å². The number of carbonyl (C=O) groups excluding carboxylic acids is 1. The molecule has 0 aliphatic heterocycles. The lowest BCUT2D eigenvalue weighted by molar-refractivity contribution is -0.121. The van der Waals surface area contributed by atoms with Crippen LogP contribution >= 0.6 is 15.9 Å². The lowest BCUT2D eigenvalue weighted by atomic mass is 10.1. The van der Waals surface area contributed by atoms with E-state index in [1.165, 1.54) is 5.56 Å². The van der Waals surface area contributed by atoms with Crippen LogP contribution in [0.5, 0.6) is 0 Å². The normalized spacial score (nSPS) is 14.2. The average Bonchev–Trinajstić information content (AvgIpc) is 2.27. The molecule has 1 N–H and O–H groups in total. The number of halogens is 1. The van der Waals surface area contributed by atoms with E-state index in [-0.39, 0.29) is 16.8 Å². The van der Waals surface area contributed by atoms with Crippen LogP contribution in [0.2, 0.25) is 0 Å².